The third kappa shape index (κ3) is 12.6. The molecule has 2 N–H and O–H groups in total. The highest BCUT2D eigenvalue weighted by Crippen LogP contribution is 2.53. The van der Waals surface area contributed by atoms with Crippen LogP contribution in [0.15, 0.2) is 42.7 Å². The van der Waals surface area contributed by atoms with Gasteiger partial charge in [0.25, 0.3) is 0 Å². The highest BCUT2D eigenvalue weighted by Gasteiger charge is 2.56. The second-order valence-corrected chi connectivity index (χ2v) is 17.0. The molecule has 0 spiro atoms. The van der Waals surface area contributed by atoms with Gasteiger partial charge in [-0.05, 0) is 44.5 Å². The van der Waals surface area contributed by atoms with Crippen LogP contribution in [0.3, 0.4) is 0 Å². The number of unbranched alkanes of at least 4 members (excludes halogenated alkanes) is 17. The molecule has 1 aromatic carbocycles. The van der Waals surface area contributed by atoms with Crippen molar-refractivity contribution in [1.29, 1.82) is 0 Å². The number of anilines is 1. The molecule has 0 saturated carbocycles. The van der Waals surface area contributed by atoms with Crippen LogP contribution in [0.25, 0.3) is 5.52 Å². The Bertz CT molecular complexity index is 1570. The summed E-state index contributed by atoms with van der Waals surface area (Å²) in [6.45, 7) is 6.08. The molecule has 3 aromatic rings. The third-order valence-corrected chi connectivity index (χ3v) is 11.8. The number of phosphoric acid groups is 1. The monoisotopic (exact) mass is 776 g/mol. The largest absolute Gasteiger partial charge is 0.530 e. The molecular formula is C40H62ClN4O7P. The quantitative estimate of drug-likeness (QED) is 0.0621. The molecule has 2 aliphatic rings. The number of benzene rings is 1. The number of rotatable bonds is 26. The van der Waals surface area contributed by atoms with E-state index >= 15 is 0 Å². The van der Waals surface area contributed by atoms with Crippen molar-refractivity contribution in [1.82, 2.24) is 14.6 Å². The van der Waals surface area contributed by atoms with Crippen molar-refractivity contribution in [3.63, 3.8) is 0 Å². The van der Waals surface area contributed by atoms with Gasteiger partial charge < -0.3 is 24.5 Å². The molecular weight excluding hydrogens is 715 g/mol. The predicted molar refractivity (Wildman–Crippen MR) is 209 cm³/mol. The average molecular weight is 777 g/mol. The molecule has 11 nitrogen and oxygen atoms in total. The molecule has 2 saturated heterocycles. The van der Waals surface area contributed by atoms with Gasteiger partial charge in [0, 0.05) is 0 Å². The fourth-order valence-corrected chi connectivity index (χ4v) is 8.81. The summed E-state index contributed by atoms with van der Waals surface area (Å²) in [5.74, 6) is -0.288. The standard InChI is InChI=1S/C40H62ClN4O7P/c1-4-5-6-7-8-9-10-11-12-13-14-15-16-17-18-19-20-23-28-47-53(46,52-34-25-22-21-24-31(34)41)48-29-35-37-38(51-40(2,3)50-37)36(49-35)32-26-27-33-39(42)43-30-44-45(32)33/h21-22,24-27,30,35-38H,4-20,23,28-29H2,1-3H3,(H2,42,43,44)/t35-,36+,37-,38+,53?/m1/s1. The van der Waals surface area contributed by atoms with Crippen LogP contribution in [0.5, 0.6) is 5.75 Å². The van der Waals surface area contributed by atoms with Gasteiger partial charge in [0.15, 0.2) is 11.6 Å². The number of nitrogens with two attached hydrogens (primary N) is 1. The molecule has 53 heavy (non-hydrogen) atoms. The molecule has 5 atom stereocenters. The van der Waals surface area contributed by atoms with E-state index in [1.165, 1.54) is 103 Å². The third-order valence-electron chi connectivity index (χ3n) is 10.1. The zero-order valence-electron chi connectivity index (χ0n) is 32.1. The van der Waals surface area contributed by atoms with E-state index in [9.17, 15) is 4.57 Å². The number of nitrogens with zero attached hydrogens (tertiary/aromatic N) is 3. The van der Waals surface area contributed by atoms with E-state index in [1.807, 2.05) is 26.0 Å². The molecule has 13 heteroatoms. The van der Waals surface area contributed by atoms with Crippen LogP contribution in [0, 0.1) is 0 Å². The first-order chi connectivity index (χ1) is 25.7. The predicted octanol–water partition coefficient (Wildman–Crippen LogP) is 11.2. The Kier molecular flexibility index (Phi) is 16.7. The first-order valence-electron chi connectivity index (χ1n) is 20.1. The van der Waals surface area contributed by atoms with E-state index in [0.717, 1.165) is 25.0 Å². The van der Waals surface area contributed by atoms with E-state index in [2.05, 4.69) is 17.0 Å². The van der Waals surface area contributed by atoms with E-state index in [4.69, 9.17) is 45.1 Å². The summed E-state index contributed by atoms with van der Waals surface area (Å²) >= 11 is 6.37. The van der Waals surface area contributed by atoms with Crippen LogP contribution in [0.4, 0.5) is 5.82 Å². The lowest BCUT2D eigenvalue weighted by Crippen LogP contribution is -2.33. The first-order valence-corrected chi connectivity index (χ1v) is 22.0. The number of para-hydroxylation sites is 1. The number of aromatic nitrogens is 3. The van der Waals surface area contributed by atoms with Gasteiger partial charge in [0.1, 0.15) is 42.0 Å². The van der Waals surface area contributed by atoms with Crippen LogP contribution >= 0.6 is 19.4 Å². The molecule has 5 rings (SSSR count). The highest BCUT2D eigenvalue weighted by atomic mass is 35.5. The van der Waals surface area contributed by atoms with Crippen LogP contribution < -0.4 is 10.3 Å². The topological polar surface area (TPSA) is 129 Å². The van der Waals surface area contributed by atoms with Crippen LogP contribution in [0.1, 0.15) is 148 Å². The van der Waals surface area contributed by atoms with Crippen LogP contribution in [0.2, 0.25) is 5.02 Å². The Morgan fingerprint density at radius 3 is 2.02 bits per heavy atom. The summed E-state index contributed by atoms with van der Waals surface area (Å²) < 4.78 is 52.6. The van der Waals surface area contributed by atoms with Crippen molar-refractivity contribution in [2.45, 2.75) is 167 Å². The lowest BCUT2D eigenvalue weighted by molar-refractivity contribution is -0.191. The lowest BCUT2D eigenvalue weighted by Gasteiger charge is -2.25. The van der Waals surface area contributed by atoms with Gasteiger partial charge >= 0.3 is 7.82 Å². The van der Waals surface area contributed by atoms with Crippen molar-refractivity contribution < 1.29 is 32.3 Å². The Hall–Kier alpha value is -2.24. The second-order valence-electron chi connectivity index (χ2n) is 15.0. The minimum absolute atomic E-state index is 0.127. The minimum Gasteiger partial charge on any atom is -0.402 e. The minimum atomic E-state index is -4.11. The smallest absolute Gasteiger partial charge is 0.402 e. The van der Waals surface area contributed by atoms with Crippen LogP contribution in [-0.2, 0) is 27.8 Å². The lowest BCUT2D eigenvalue weighted by atomic mass is 10.0. The molecule has 296 valence electrons. The van der Waals surface area contributed by atoms with Crippen LogP contribution in [-0.4, -0.2) is 51.9 Å². The molecule has 0 radical (unpaired) electrons. The molecule has 4 heterocycles. The maximum atomic E-state index is 14.1. The molecule has 0 amide bonds. The molecule has 2 aromatic heterocycles. The van der Waals surface area contributed by atoms with Crippen molar-refractivity contribution in [2.75, 3.05) is 18.9 Å². The number of hydrogen-bond donors (Lipinski definition) is 1. The van der Waals surface area contributed by atoms with Crippen molar-refractivity contribution in [3.05, 3.63) is 53.4 Å². The zero-order chi connectivity index (χ0) is 37.5. The van der Waals surface area contributed by atoms with Gasteiger partial charge in [-0.2, -0.15) is 5.10 Å². The Morgan fingerprint density at radius 2 is 1.40 bits per heavy atom. The molecule has 1 unspecified atom stereocenters. The molecule has 2 fully saturated rings. The maximum Gasteiger partial charge on any atom is 0.530 e. The average Bonchev–Trinajstić information content (AvgIpc) is 3.80. The molecule has 0 bridgehead atoms. The normalized spacial score (nSPS) is 22.0. The van der Waals surface area contributed by atoms with Gasteiger partial charge in [-0.3, -0.25) is 9.05 Å². The maximum absolute atomic E-state index is 14.1. The van der Waals surface area contributed by atoms with Gasteiger partial charge in [-0.15, -0.1) is 0 Å². The number of hydrogen-bond acceptors (Lipinski definition) is 10. The highest BCUT2D eigenvalue weighted by molar-refractivity contribution is 7.48. The fourth-order valence-electron chi connectivity index (χ4n) is 7.32. The van der Waals surface area contributed by atoms with Crippen molar-refractivity contribution in [3.8, 4) is 5.75 Å². The number of nitrogen functional groups attached to an aromatic ring is 1. The SMILES string of the molecule is CCCCCCCCCCCCCCCCCCCCOP(=O)(OC[C@H]1O[C@@H](c2ccc3c(N)ncnn23)[C@@H]2OC(C)(C)O[C@@H]21)Oc1ccccc1Cl. The van der Waals surface area contributed by atoms with E-state index in [0.29, 0.717) is 16.4 Å². The second kappa shape index (κ2) is 21.2. The zero-order valence-corrected chi connectivity index (χ0v) is 33.7. The van der Waals surface area contributed by atoms with Crippen molar-refractivity contribution in [2.24, 2.45) is 0 Å². The summed E-state index contributed by atoms with van der Waals surface area (Å²) in [6, 6.07) is 10.6. The van der Waals surface area contributed by atoms with Gasteiger partial charge in [-0.1, -0.05) is 140 Å². The summed E-state index contributed by atoms with van der Waals surface area (Å²) in [5.41, 5.74) is 7.47. The summed E-state index contributed by atoms with van der Waals surface area (Å²) in [4.78, 5) is 4.09. The Labute approximate surface area is 321 Å². The number of ether oxygens (including phenoxy) is 3. The van der Waals surface area contributed by atoms with E-state index in [1.54, 1.807) is 28.8 Å². The van der Waals surface area contributed by atoms with Gasteiger partial charge in [-0.25, -0.2) is 14.1 Å². The molecule has 2 aliphatic heterocycles. The van der Waals surface area contributed by atoms with Gasteiger partial charge in [0.2, 0.25) is 0 Å². The van der Waals surface area contributed by atoms with Crippen molar-refractivity contribution >= 4 is 30.8 Å². The summed E-state index contributed by atoms with van der Waals surface area (Å²) in [7, 11) is -4.11. The van der Waals surface area contributed by atoms with E-state index in [-0.39, 0.29) is 19.0 Å². The fraction of sp³-hybridized carbons (Fsp3) is 0.700. The first kappa shape index (κ1) is 41.9. The molecule has 0 aliphatic carbocycles. The summed E-state index contributed by atoms with van der Waals surface area (Å²) in [6.07, 6.45) is 22.4. The van der Waals surface area contributed by atoms with Gasteiger partial charge in [0.05, 0.1) is 23.9 Å². The van der Waals surface area contributed by atoms with E-state index < -0.39 is 38.0 Å². The Morgan fingerprint density at radius 1 is 0.811 bits per heavy atom. The number of fused-ring (bicyclic) bond motifs is 2. The summed E-state index contributed by atoms with van der Waals surface area (Å²) in [5, 5.41) is 4.69. The number of halogens is 1. The number of phosphoric ester groups is 1. The Balaban J connectivity index is 1.04.